The van der Waals surface area contributed by atoms with Crippen LogP contribution in [0.3, 0.4) is 0 Å². The average molecular weight is 502 g/mol. The zero-order chi connectivity index (χ0) is 25.9. The molecule has 0 unspecified atom stereocenters. The van der Waals surface area contributed by atoms with Crippen LogP contribution in [0.4, 0.5) is 19.3 Å². The maximum atomic E-state index is 13.5. The van der Waals surface area contributed by atoms with Crippen LogP contribution in [-0.4, -0.2) is 50.3 Å². The lowest BCUT2D eigenvalue weighted by Gasteiger charge is -2.45. The number of hydrogen-bond donors (Lipinski definition) is 2. The highest BCUT2D eigenvalue weighted by Crippen LogP contribution is 2.50. The van der Waals surface area contributed by atoms with Gasteiger partial charge in [0.1, 0.15) is 0 Å². The van der Waals surface area contributed by atoms with Crippen LogP contribution in [0.15, 0.2) is 36.4 Å². The number of carbonyl (C=O) groups excluding carboxylic acids is 1. The summed E-state index contributed by atoms with van der Waals surface area (Å²) in [6.07, 6.45) is 4.75. The molecule has 4 rings (SSSR count). The van der Waals surface area contributed by atoms with Crippen molar-refractivity contribution in [1.82, 2.24) is 10.2 Å². The van der Waals surface area contributed by atoms with Crippen LogP contribution < -0.4 is 20.1 Å². The van der Waals surface area contributed by atoms with E-state index in [0.717, 1.165) is 63.1 Å². The number of urea groups is 1. The van der Waals surface area contributed by atoms with E-state index < -0.39 is 17.7 Å². The summed E-state index contributed by atoms with van der Waals surface area (Å²) in [5.41, 5.74) is 1.45. The highest BCUT2D eigenvalue weighted by Gasteiger charge is 2.51. The molecule has 2 aromatic carbocycles. The van der Waals surface area contributed by atoms with Crippen LogP contribution in [0.1, 0.15) is 51.5 Å². The molecule has 3 atom stereocenters. The molecule has 8 heteroatoms. The van der Waals surface area contributed by atoms with Crippen molar-refractivity contribution in [2.24, 2.45) is 5.92 Å². The molecule has 6 nitrogen and oxygen atoms in total. The van der Waals surface area contributed by atoms with Crippen LogP contribution in [0.2, 0.25) is 0 Å². The molecule has 1 aliphatic carbocycles. The molecule has 196 valence electrons. The molecule has 2 aromatic rings. The molecule has 1 saturated carbocycles. The molecule has 2 aliphatic rings. The van der Waals surface area contributed by atoms with Gasteiger partial charge in [-0.2, -0.15) is 0 Å². The third-order valence-electron chi connectivity index (χ3n) is 7.84. The Morgan fingerprint density at radius 1 is 1.08 bits per heavy atom. The average Bonchev–Trinajstić information content (AvgIpc) is 3.23. The number of amides is 2. The van der Waals surface area contributed by atoms with Crippen molar-refractivity contribution in [3.8, 4) is 11.5 Å². The molecule has 0 radical (unpaired) electrons. The van der Waals surface area contributed by atoms with Gasteiger partial charge in [0, 0.05) is 29.3 Å². The second-order valence-electron chi connectivity index (χ2n) is 10.4. The zero-order valence-corrected chi connectivity index (χ0v) is 21.6. The SMILES string of the molecule is COc1ccc([C@@]23CC[C@@H](NC(=O)Nc4ccc(F)c(F)c4)C[C@@H]2N(CCC(C)C)CC3)cc1OC. The summed E-state index contributed by atoms with van der Waals surface area (Å²) in [6.45, 7) is 6.52. The number of anilines is 1. The van der Waals surface area contributed by atoms with Gasteiger partial charge in [0.05, 0.1) is 14.2 Å². The van der Waals surface area contributed by atoms with Gasteiger partial charge in [-0.05, 0) is 80.9 Å². The van der Waals surface area contributed by atoms with Crippen LogP contribution >= 0.6 is 0 Å². The largest absolute Gasteiger partial charge is 0.493 e. The van der Waals surface area contributed by atoms with Gasteiger partial charge in [0.15, 0.2) is 23.1 Å². The smallest absolute Gasteiger partial charge is 0.319 e. The second-order valence-corrected chi connectivity index (χ2v) is 10.4. The Balaban J connectivity index is 1.52. The predicted octanol–water partition coefficient (Wildman–Crippen LogP) is 5.71. The predicted molar refractivity (Wildman–Crippen MR) is 137 cm³/mol. The van der Waals surface area contributed by atoms with Crippen molar-refractivity contribution < 1.29 is 23.0 Å². The summed E-state index contributed by atoms with van der Waals surface area (Å²) in [7, 11) is 3.30. The number of carbonyl (C=O) groups is 1. The summed E-state index contributed by atoms with van der Waals surface area (Å²) >= 11 is 0. The molecule has 0 bridgehead atoms. The normalized spacial score (nSPS) is 23.9. The first-order valence-corrected chi connectivity index (χ1v) is 12.7. The van der Waals surface area contributed by atoms with Crippen LogP contribution in [-0.2, 0) is 5.41 Å². The molecule has 36 heavy (non-hydrogen) atoms. The van der Waals surface area contributed by atoms with Crippen molar-refractivity contribution in [2.75, 3.05) is 32.6 Å². The highest BCUT2D eigenvalue weighted by atomic mass is 19.2. The number of likely N-dealkylation sites (tertiary alicyclic amines) is 1. The molecule has 0 spiro atoms. The first-order valence-electron chi connectivity index (χ1n) is 12.7. The summed E-state index contributed by atoms with van der Waals surface area (Å²) in [6, 6.07) is 9.45. The standard InChI is InChI=1S/C28H37F2N3O3/c1-18(2)10-13-33-14-12-28(19-5-8-24(35-3)25(15-19)36-4)11-9-21(17-26(28)33)32-27(34)31-20-6-7-22(29)23(30)16-20/h5-8,15-16,18,21,26H,9-14,17H2,1-4H3,(H2,31,32,34)/t21-,26+,28+/m1/s1. The fourth-order valence-corrected chi connectivity index (χ4v) is 5.88. The van der Waals surface area contributed by atoms with E-state index in [1.807, 2.05) is 6.07 Å². The molecule has 1 heterocycles. The summed E-state index contributed by atoms with van der Waals surface area (Å²) < 4.78 is 37.8. The fourth-order valence-electron chi connectivity index (χ4n) is 5.88. The van der Waals surface area contributed by atoms with Crippen LogP contribution in [0.5, 0.6) is 11.5 Å². The van der Waals surface area contributed by atoms with Crippen LogP contribution in [0.25, 0.3) is 0 Å². The Hall–Kier alpha value is -2.87. The number of nitrogens with zero attached hydrogens (tertiary/aromatic N) is 1. The molecule has 2 N–H and O–H groups in total. The van der Waals surface area contributed by atoms with Crippen molar-refractivity contribution in [3.05, 3.63) is 53.6 Å². The van der Waals surface area contributed by atoms with E-state index >= 15 is 0 Å². The van der Waals surface area contributed by atoms with Gasteiger partial charge in [-0.3, -0.25) is 4.90 Å². The van der Waals surface area contributed by atoms with Gasteiger partial charge >= 0.3 is 6.03 Å². The van der Waals surface area contributed by atoms with Crippen molar-refractivity contribution in [2.45, 2.75) is 63.5 Å². The number of rotatable bonds is 8. The Labute approximate surface area is 212 Å². The number of hydrogen-bond acceptors (Lipinski definition) is 4. The number of benzene rings is 2. The van der Waals surface area contributed by atoms with Gasteiger partial charge in [-0.15, -0.1) is 0 Å². The molecule has 2 fully saturated rings. The van der Waals surface area contributed by atoms with E-state index in [-0.39, 0.29) is 23.2 Å². The van der Waals surface area contributed by atoms with E-state index in [1.54, 1.807) is 14.2 Å². The Kier molecular flexibility index (Phi) is 8.03. The van der Waals surface area contributed by atoms with Gasteiger partial charge in [0.25, 0.3) is 0 Å². The molecular weight excluding hydrogens is 464 g/mol. The third-order valence-corrected chi connectivity index (χ3v) is 7.84. The monoisotopic (exact) mass is 501 g/mol. The lowest BCUT2D eigenvalue weighted by Crippen LogP contribution is -2.53. The number of ether oxygens (including phenoxy) is 2. The lowest BCUT2D eigenvalue weighted by molar-refractivity contribution is 0.132. The topological polar surface area (TPSA) is 62.8 Å². The minimum absolute atomic E-state index is 0.0202. The molecule has 0 aromatic heterocycles. The van der Waals surface area contributed by atoms with Gasteiger partial charge in [-0.25, -0.2) is 13.6 Å². The van der Waals surface area contributed by atoms with E-state index in [2.05, 4.69) is 41.5 Å². The van der Waals surface area contributed by atoms with Gasteiger partial charge in [-0.1, -0.05) is 19.9 Å². The Morgan fingerprint density at radius 2 is 1.86 bits per heavy atom. The van der Waals surface area contributed by atoms with Gasteiger partial charge < -0.3 is 20.1 Å². The maximum absolute atomic E-state index is 13.5. The van der Waals surface area contributed by atoms with E-state index in [4.69, 9.17) is 9.47 Å². The zero-order valence-electron chi connectivity index (χ0n) is 21.6. The maximum Gasteiger partial charge on any atom is 0.319 e. The molecule has 1 saturated heterocycles. The van der Waals surface area contributed by atoms with Crippen LogP contribution in [0, 0.1) is 17.6 Å². The molecule has 1 aliphatic heterocycles. The van der Waals surface area contributed by atoms with Gasteiger partial charge in [0.2, 0.25) is 0 Å². The summed E-state index contributed by atoms with van der Waals surface area (Å²) in [5.74, 6) is 0.128. The number of fused-ring (bicyclic) bond motifs is 1. The number of halogens is 2. The number of nitrogens with one attached hydrogen (secondary N) is 2. The first kappa shape index (κ1) is 26.2. The minimum atomic E-state index is -0.989. The summed E-state index contributed by atoms with van der Waals surface area (Å²) in [5, 5.41) is 5.71. The van der Waals surface area contributed by atoms with Crippen molar-refractivity contribution >= 4 is 11.7 Å². The number of methoxy groups -OCH3 is 2. The van der Waals surface area contributed by atoms with E-state index in [0.29, 0.717) is 11.7 Å². The Bertz CT molecular complexity index is 1080. The third kappa shape index (κ3) is 5.43. The second kappa shape index (κ2) is 11.0. The fraction of sp³-hybridized carbons (Fsp3) is 0.536. The lowest BCUT2D eigenvalue weighted by atomic mass is 9.65. The van der Waals surface area contributed by atoms with E-state index in [1.165, 1.54) is 11.6 Å². The Morgan fingerprint density at radius 3 is 2.56 bits per heavy atom. The minimum Gasteiger partial charge on any atom is -0.493 e. The molecular formula is C28H37F2N3O3. The van der Waals surface area contributed by atoms with Crippen molar-refractivity contribution in [3.63, 3.8) is 0 Å². The summed E-state index contributed by atoms with van der Waals surface area (Å²) in [4.78, 5) is 15.3. The molecule has 2 amide bonds. The highest BCUT2D eigenvalue weighted by molar-refractivity contribution is 5.89. The first-order chi connectivity index (χ1) is 17.3. The van der Waals surface area contributed by atoms with Crippen molar-refractivity contribution in [1.29, 1.82) is 0 Å². The van der Waals surface area contributed by atoms with E-state index in [9.17, 15) is 13.6 Å². The quantitative estimate of drug-likeness (QED) is 0.486.